The summed E-state index contributed by atoms with van der Waals surface area (Å²) in [5.74, 6) is 4.32. The highest BCUT2D eigenvalue weighted by molar-refractivity contribution is 5.94. The van der Waals surface area contributed by atoms with Gasteiger partial charge >= 0.3 is 5.91 Å². The zero-order chi connectivity index (χ0) is 18.5. The van der Waals surface area contributed by atoms with Crippen LogP contribution in [0.5, 0.6) is 0 Å². The Bertz CT molecular complexity index is 746. The quantitative estimate of drug-likeness (QED) is 0.507. The van der Waals surface area contributed by atoms with E-state index < -0.39 is 12.2 Å². The van der Waals surface area contributed by atoms with Crippen LogP contribution in [0, 0.1) is 11.8 Å². The number of hydrogen-bond acceptors (Lipinski definition) is 5. The van der Waals surface area contributed by atoms with E-state index >= 15 is 0 Å². The molecule has 0 saturated carbocycles. The van der Waals surface area contributed by atoms with Crippen molar-refractivity contribution >= 4 is 11.8 Å². The summed E-state index contributed by atoms with van der Waals surface area (Å²) in [7, 11) is 0. The van der Waals surface area contributed by atoms with Gasteiger partial charge in [0.25, 0.3) is 5.91 Å². The van der Waals surface area contributed by atoms with Crippen molar-refractivity contribution in [2.45, 2.75) is 45.4 Å². The Labute approximate surface area is 152 Å². The van der Waals surface area contributed by atoms with Crippen molar-refractivity contribution in [3.8, 4) is 11.8 Å². The van der Waals surface area contributed by atoms with E-state index in [4.69, 9.17) is 9.57 Å². The normalized spacial score (nSPS) is 19.2. The molecule has 0 bridgehead atoms. The number of benzene rings is 1. The maximum atomic E-state index is 12.4. The Hall–Kier alpha value is -2.40. The van der Waals surface area contributed by atoms with Crippen LogP contribution in [-0.2, 0) is 27.3 Å². The van der Waals surface area contributed by atoms with Crippen LogP contribution in [0.2, 0.25) is 0 Å². The summed E-state index contributed by atoms with van der Waals surface area (Å²) < 4.78 is 5.35. The Morgan fingerprint density at radius 3 is 2.92 bits per heavy atom. The average Bonchev–Trinajstić information content (AvgIpc) is 2.67. The van der Waals surface area contributed by atoms with E-state index in [0.717, 1.165) is 24.0 Å². The first-order chi connectivity index (χ1) is 12.6. The van der Waals surface area contributed by atoms with E-state index in [1.54, 1.807) is 30.0 Å². The van der Waals surface area contributed by atoms with E-state index in [1.807, 2.05) is 0 Å². The molecule has 2 aliphatic heterocycles. The Balaban J connectivity index is 1.65. The van der Waals surface area contributed by atoms with E-state index in [-0.39, 0.29) is 11.1 Å². The minimum absolute atomic E-state index is 0.194. The van der Waals surface area contributed by atoms with Gasteiger partial charge in [-0.25, -0.2) is 4.84 Å². The monoisotopic (exact) mass is 358 g/mol. The summed E-state index contributed by atoms with van der Waals surface area (Å²) >= 11 is 0. The molecule has 1 saturated heterocycles. The predicted octanol–water partition coefficient (Wildman–Crippen LogP) is 1.88. The zero-order valence-corrected chi connectivity index (χ0v) is 14.7. The van der Waals surface area contributed by atoms with E-state index in [1.165, 1.54) is 0 Å². The van der Waals surface area contributed by atoms with Gasteiger partial charge in [0.1, 0.15) is 0 Å². The topological polar surface area (TPSA) is 79.3 Å². The van der Waals surface area contributed by atoms with Crippen molar-refractivity contribution in [3.05, 3.63) is 34.9 Å². The highest BCUT2D eigenvalue weighted by Crippen LogP contribution is 2.22. The van der Waals surface area contributed by atoms with Crippen LogP contribution in [0.1, 0.15) is 47.7 Å². The molecule has 2 amide bonds. The Morgan fingerprint density at radius 2 is 2.19 bits per heavy atom. The molecule has 2 heterocycles. The van der Waals surface area contributed by atoms with Gasteiger partial charge in [0.15, 0.2) is 6.29 Å². The number of hydroxylamine groups is 2. The van der Waals surface area contributed by atoms with Crippen molar-refractivity contribution in [3.63, 3.8) is 0 Å². The molecule has 7 nitrogen and oxygen atoms in total. The van der Waals surface area contributed by atoms with Crippen LogP contribution in [0.4, 0.5) is 0 Å². The van der Waals surface area contributed by atoms with Crippen molar-refractivity contribution in [1.82, 2.24) is 10.1 Å². The molecule has 0 aliphatic carbocycles. The summed E-state index contributed by atoms with van der Waals surface area (Å²) in [5.41, 5.74) is 2.28. The van der Waals surface area contributed by atoms with Gasteiger partial charge in [-0.2, -0.15) is 0 Å². The molecule has 138 valence electrons. The summed E-state index contributed by atoms with van der Waals surface area (Å²) in [6.07, 6.45) is 2.55. The van der Waals surface area contributed by atoms with Crippen LogP contribution < -0.4 is 0 Å². The third-order valence-corrected chi connectivity index (χ3v) is 4.51. The van der Waals surface area contributed by atoms with Gasteiger partial charge in [-0.15, -0.1) is 0 Å². The second-order valence-electron chi connectivity index (χ2n) is 6.31. The van der Waals surface area contributed by atoms with Crippen LogP contribution in [0.3, 0.4) is 0 Å². The third kappa shape index (κ3) is 4.22. The van der Waals surface area contributed by atoms with Crippen molar-refractivity contribution in [2.24, 2.45) is 0 Å². The number of nitrogens with zero attached hydrogens (tertiary/aromatic N) is 2. The summed E-state index contributed by atoms with van der Waals surface area (Å²) in [5, 5.41) is 10.2. The van der Waals surface area contributed by atoms with E-state index in [9.17, 15) is 14.8 Å². The smallest absolute Gasteiger partial charge is 0.303 e. The molecule has 1 unspecified atom stereocenters. The largest absolute Gasteiger partial charge is 0.350 e. The minimum Gasteiger partial charge on any atom is -0.350 e. The van der Waals surface area contributed by atoms with Crippen molar-refractivity contribution in [2.75, 3.05) is 13.2 Å². The molecular formula is C19H22N2O5. The Morgan fingerprint density at radius 1 is 1.35 bits per heavy atom. The fourth-order valence-corrected chi connectivity index (χ4v) is 3.11. The first-order valence-corrected chi connectivity index (χ1v) is 8.73. The lowest BCUT2D eigenvalue weighted by atomic mass is 9.97. The molecular weight excluding hydrogens is 336 g/mol. The average molecular weight is 358 g/mol. The number of carbonyl (C=O) groups is 2. The number of carbonyl (C=O) groups excluding carboxylic acids is 2. The molecule has 1 N–H and O–H groups in total. The van der Waals surface area contributed by atoms with Gasteiger partial charge in [-0.3, -0.25) is 14.8 Å². The van der Waals surface area contributed by atoms with E-state index in [0.29, 0.717) is 38.1 Å². The van der Waals surface area contributed by atoms with Crippen molar-refractivity contribution in [1.29, 1.82) is 0 Å². The number of amides is 2. The number of rotatable bonds is 3. The molecule has 1 aromatic rings. The molecule has 2 aliphatic rings. The molecule has 3 rings (SSSR count). The molecule has 1 atom stereocenters. The molecule has 0 aromatic heterocycles. The fourth-order valence-electron chi connectivity index (χ4n) is 3.11. The number of fused-ring (bicyclic) bond motifs is 1. The molecule has 1 fully saturated rings. The van der Waals surface area contributed by atoms with Crippen LogP contribution >= 0.6 is 0 Å². The first kappa shape index (κ1) is 18.4. The lowest BCUT2D eigenvalue weighted by Gasteiger charge is -2.28. The molecule has 0 radical (unpaired) electrons. The maximum Gasteiger partial charge on any atom is 0.303 e. The second-order valence-corrected chi connectivity index (χ2v) is 6.31. The summed E-state index contributed by atoms with van der Waals surface area (Å²) in [6, 6.07) is 5.15. The summed E-state index contributed by atoms with van der Waals surface area (Å²) in [4.78, 5) is 31.1. The lowest BCUT2D eigenvalue weighted by Crippen LogP contribution is -2.36. The first-order valence-electron chi connectivity index (χ1n) is 8.73. The summed E-state index contributed by atoms with van der Waals surface area (Å²) in [6.45, 7) is 3.21. The lowest BCUT2D eigenvalue weighted by molar-refractivity contribution is -0.369. The predicted molar refractivity (Wildman–Crippen MR) is 91.6 cm³/mol. The van der Waals surface area contributed by atoms with Gasteiger partial charge in [0.05, 0.1) is 0 Å². The minimum atomic E-state index is -0.641. The van der Waals surface area contributed by atoms with Gasteiger partial charge < -0.3 is 9.64 Å². The highest BCUT2D eigenvalue weighted by atomic mass is 16.9. The van der Waals surface area contributed by atoms with Crippen LogP contribution in [0.15, 0.2) is 18.2 Å². The van der Waals surface area contributed by atoms with Crippen molar-refractivity contribution < 1.29 is 24.4 Å². The van der Waals surface area contributed by atoms with E-state index in [2.05, 4.69) is 11.8 Å². The molecule has 7 heteroatoms. The van der Waals surface area contributed by atoms with Gasteiger partial charge in [-0.1, -0.05) is 17.2 Å². The molecule has 0 spiro atoms. The number of hydrogen-bond donors (Lipinski definition) is 1. The van der Waals surface area contributed by atoms with Gasteiger partial charge in [0.2, 0.25) is 0 Å². The molecule has 1 aromatic carbocycles. The van der Waals surface area contributed by atoms with Gasteiger partial charge in [0, 0.05) is 31.7 Å². The highest BCUT2D eigenvalue weighted by Gasteiger charge is 2.25. The standard InChI is InChI=1S/C19H22N2O5/c1-2-5-17(22)20-10-9-14-12-15(7-8-16(14)13-20)19(23)21(24)26-18-6-3-4-11-25-18/h7-8,12,18,24H,3-4,6,9-11,13H2,1H3. The maximum absolute atomic E-state index is 12.4. The SMILES string of the molecule is CC#CC(=O)N1CCc2cc(C(=O)N(O)OC3CCCCO3)ccc2C1. The van der Waals surface area contributed by atoms with Crippen LogP contribution in [0.25, 0.3) is 0 Å². The third-order valence-electron chi connectivity index (χ3n) is 4.51. The van der Waals surface area contributed by atoms with Crippen LogP contribution in [-0.4, -0.2) is 46.6 Å². The molecule has 26 heavy (non-hydrogen) atoms. The van der Waals surface area contributed by atoms with Gasteiger partial charge in [-0.05, 0) is 55.4 Å². The Kier molecular flexibility index (Phi) is 5.89. The second kappa shape index (κ2) is 8.32. The zero-order valence-electron chi connectivity index (χ0n) is 14.7. The fraction of sp³-hybridized carbons (Fsp3) is 0.474. The number of ether oxygens (including phenoxy) is 1.